The Bertz CT molecular complexity index is 340. The maximum atomic E-state index is 11.8. The van der Waals surface area contributed by atoms with E-state index in [9.17, 15) is 36.0 Å². The summed E-state index contributed by atoms with van der Waals surface area (Å²) in [4.78, 5) is 0. The van der Waals surface area contributed by atoms with Gasteiger partial charge in [-0.25, -0.2) is 0 Å². The van der Waals surface area contributed by atoms with Crippen LogP contribution in [0.15, 0.2) is 11.8 Å². The summed E-state index contributed by atoms with van der Waals surface area (Å²) < 4.78 is 93.8. The third-order valence-corrected chi connectivity index (χ3v) is 2.79. The first kappa shape index (κ1) is 18.1. The molecule has 0 bridgehead atoms. The summed E-state index contributed by atoms with van der Waals surface area (Å²) in [6, 6.07) is 0. The summed E-state index contributed by atoms with van der Waals surface area (Å²) in [5, 5.41) is 10.7. The van der Waals surface area contributed by atoms with E-state index in [1.54, 1.807) is 0 Å². The van der Waals surface area contributed by atoms with Gasteiger partial charge in [0.05, 0.1) is 5.95 Å². The molecular weight excluding hydrogens is 309 g/mol. The van der Waals surface area contributed by atoms with Gasteiger partial charge in [-0.1, -0.05) is 0 Å². The summed E-state index contributed by atoms with van der Waals surface area (Å²) in [5.41, 5.74) is 0. The molecule has 0 atom stereocenters. The second-order valence-corrected chi connectivity index (χ2v) is 4.82. The number of hydrogen-bond donors (Lipinski definition) is 0. The van der Waals surface area contributed by atoms with Gasteiger partial charge in [-0.05, 0) is 7.11 Å². The Hall–Kier alpha value is -0.930. The molecule has 5 nitrogen and oxygen atoms in total. The Kier molecular flexibility index (Phi) is 6.17. The molecule has 114 valence electrons. The Balaban J connectivity index is 4.88. The molecule has 0 aromatic rings. The molecule has 0 aromatic heterocycles. The highest BCUT2D eigenvalue weighted by atomic mass is 31.2. The Morgan fingerprint density at radius 3 is 1.74 bits per heavy atom. The van der Waals surface area contributed by atoms with Crippen molar-refractivity contribution >= 4 is 7.60 Å². The maximum absolute atomic E-state index is 11.8. The van der Waals surface area contributed by atoms with Gasteiger partial charge in [-0.3, -0.25) is 13.6 Å². The first-order valence-electron chi connectivity index (χ1n) is 4.33. The lowest BCUT2D eigenvalue weighted by Gasteiger charge is -2.19. The summed E-state index contributed by atoms with van der Waals surface area (Å²) >= 11 is 0. The largest absolute Gasteiger partial charge is 0.616 e. The predicted octanol–water partition coefficient (Wildman–Crippen LogP) is 2.14. The van der Waals surface area contributed by atoms with Crippen LogP contribution < -0.4 is 5.11 Å². The van der Waals surface area contributed by atoms with Gasteiger partial charge in [0.2, 0.25) is 0 Å². The first-order valence-corrected chi connectivity index (χ1v) is 5.94. The van der Waals surface area contributed by atoms with Crippen LogP contribution in [0.1, 0.15) is 0 Å². The smallest absolute Gasteiger partial charge is 0.412 e. The molecular formula is C7H8F6O5P-. The molecule has 0 aliphatic heterocycles. The van der Waals surface area contributed by atoms with Crippen LogP contribution >= 0.6 is 7.60 Å². The van der Waals surface area contributed by atoms with Crippen molar-refractivity contribution in [3.8, 4) is 0 Å². The molecule has 0 saturated carbocycles. The number of hydrogen-bond acceptors (Lipinski definition) is 5. The van der Waals surface area contributed by atoms with Crippen LogP contribution in [0.25, 0.3) is 0 Å². The van der Waals surface area contributed by atoms with E-state index in [2.05, 4.69) is 13.8 Å². The van der Waals surface area contributed by atoms with Gasteiger partial charge < -0.3 is 9.84 Å². The molecule has 0 spiro atoms. The van der Waals surface area contributed by atoms with E-state index < -0.39 is 39.1 Å². The van der Waals surface area contributed by atoms with Crippen LogP contribution in [-0.4, -0.2) is 32.7 Å². The highest BCUT2D eigenvalue weighted by Crippen LogP contribution is 2.52. The van der Waals surface area contributed by atoms with Crippen LogP contribution in [-0.2, 0) is 18.3 Å². The van der Waals surface area contributed by atoms with E-state index in [1.807, 2.05) is 0 Å². The third-order valence-electron chi connectivity index (χ3n) is 1.28. The van der Waals surface area contributed by atoms with Gasteiger partial charge in [-0.2, -0.15) is 26.3 Å². The second kappa shape index (κ2) is 6.49. The SMILES string of the molecule is CO/C([O-])=C/P(=O)(OCC(F)(F)F)OCC(F)(F)F. The minimum absolute atomic E-state index is 0.107. The molecule has 12 heteroatoms. The van der Waals surface area contributed by atoms with Crippen LogP contribution in [0, 0.1) is 0 Å². The molecule has 0 aliphatic carbocycles. The molecule has 0 amide bonds. The lowest BCUT2D eigenvalue weighted by Crippen LogP contribution is -2.20. The number of halogens is 6. The van der Waals surface area contributed by atoms with Gasteiger partial charge >= 0.3 is 19.9 Å². The van der Waals surface area contributed by atoms with E-state index in [1.165, 1.54) is 0 Å². The van der Waals surface area contributed by atoms with Crippen molar-refractivity contribution in [3.63, 3.8) is 0 Å². The first-order chi connectivity index (χ1) is 8.37. The lowest BCUT2D eigenvalue weighted by atomic mass is 10.7. The molecule has 0 unspecified atom stereocenters. The van der Waals surface area contributed by atoms with E-state index in [0.717, 1.165) is 7.11 Å². The maximum Gasteiger partial charge on any atom is 0.412 e. The molecule has 0 rings (SSSR count). The molecule has 0 radical (unpaired) electrons. The zero-order valence-corrected chi connectivity index (χ0v) is 10.1. The van der Waals surface area contributed by atoms with Crippen molar-refractivity contribution in [3.05, 3.63) is 11.8 Å². The minimum atomic E-state index is -5.02. The van der Waals surface area contributed by atoms with Gasteiger partial charge in [0, 0.05) is 5.82 Å². The van der Waals surface area contributed by atoms with Crippen LogP contribution in [0.4, 0.5) is 26.3 Å². The van der Waals surface area contributed by atoms with Gasteiger partial charge in [0.15, 0.2) is 13.2 Å². The summed E-state index contributed by atoms with van der Waals surface area (Å²) in [6.45, 7) is -4.29. The Morgan fingerprint density at radius 1 is 1.11 bits per heavy atom. The van der Waals surface area contributed by atoms with Gasteiger partial charge in [-0.15, -0.1) is 0 Å². The van der Waals surface area contributed by atoms with Crippen molar-refractivity contribution < 1.29 is 49.8 Å². The van der Waals surface area contributed by atoms with Crippen molar-refractivity contribution in [1.82, 2.24) is 0 Å². The highest BCUT2D eigenvalue weighted by Gasteiger charge is 2.37. The van der Waals surface area contributed by atoms with Crippen LogP contribution in [0.2, 0.25) is 0 Å². The van der Waals surface area contributed by atoms with Crippen molar-refractivity contribution in [2.45, 2.75) is 12.4 Å². The van der Waals surface area contributed by atoms with Gasteiger partial charge in [0.1, 0.15) is 0 Å². The molecule has 0 saturated heterocycles. The minimum Gasteiger partial charge on any atom is -0.616 e. The summed E-state index contributed by atoms with van der Waals surface area (Å²) in [5.74, 6) is -1.56. The average Bonchev–Trinajstić information content (AvgIpc) is 2.22. The second-order valence-electron chi connectivity index (χ2n) is 2.97. The van der Waals surface area contributed by atoms with Gasteiger partial charge in [0.25, 0.3) is 0 Å². The monoisotopic (exact) mass is 317 g/mol. The fourth-order valence-corrected chi connectivity index (χ4v) is 1.86. The molecule has 0 aliphatic rings. The highest BCUT2D eigenvalue weighted by molar-refractivity contribution is 7.57. The topological polar surface area (TPSA) is 67.8 Å². The Labute approximate surface area is 103 Å². The molecule has 0 aromatic carbocycles. The zero-order valence-electron chi connectivity index (χ0n) is 9.25. The fourth-order valence-electron chi connectivity index (χ4n) is 0.620. The zero-order chi connectivity index (χ0) is 15.3. The normalized spacial score (nSPS) is 14.6. The fraction of sp³-hybridized carbons (Fsp3) is 0.714. The van der Waals surface area contributed by atoms with Crippen LogP contribution in [0.3, 0.4) is 0 Å². The van der Waals surface area contributed by atoms with E-state index in [0.29, 0.717) is 0 Å². The van der Waals surface area contributed by atoms with E-state index >= 15 is 0 Å². The lowest BCUT2D eigenvalue weighted by molar-refractivity contribution is -0.352. The number of alkyl halides is 6. The van der Waals surface area contributed by atoms with E-state index in [4.69, 9.17) is 0 Å². The molecule has 19 heavy (non-hydrogen) atoms. The number of methoxy groups -OCH3 is 1. The average molecular weight is 317 g/mol. The quantitative estimate of drug-likeness (QED) is 0.426. The third kappa shape index (κ3) is 9.62. The summed E-state index contributed by atoms with van der Waals surface area (Å²) in [6.07, 6.45) is -9.91. The van der Waals surface area contributed by atoms with Crippen molar-refractivity contribution in [1.29, 1.82) is 0 Å². The molecule has 0 N–H and O–H groups in total. The molecule has 0 fully saturated rings. The number of rotatable bonds is 6. The van der Waals surface area contributed by atoms with Crippen molar-refractivity contribution in [2.75, 3.05) is 20.3 Å². The predicted molar refractivity (Wildman–Crippen MR) is 46.7 cm³/mol. The van der Waals surface area contributed by atoms with Crippen LogP contribution in [0.5, 0.6) is 0 Å². The standard InChI is InChI=1S/C7H9F6O5P/c1-16-5(14)2-19(15,17-3-6(8,9)10)18-4-7(11,12)13/h2,14H,3-4H2,1H3/p-1/b5-2+. The summed E-state index contributed by atoms with van der Waals surface area (Å²) in [7, 11) is -4.25. The van der Waals surface area contributed by atoms with E-state index in [-0.39, 0.29) is 5.82 Å². The molecule has 0 heterocycles. The Morgan fingerprint density at radius 2 is 1.47 bits per heavy atom. The van der Waals surface area contributed by atoms with Crippen molar-refractivity contribution in [2.24, 2.45) is 0 Å². The number of ether oxygens (including phenoxy) is 1.